The van der Waals surface area contributed by atoms with E-state index in [-0.39, 0.29) is 0 Å². The average molecular weight is 232 g/mol. The Morgan fingerprint density at radius 3 is 2.71 bits per heavy atom. The number of ether oxygens (including phenoxy) is 1. The van der Waals surface area contributed by atoms with Crippen molar-refractivity contribution >= 4 is 5.82 Å². The second kappa shape index (κ2) is 5.34. The second-order valence-electron chi connectivity index (χ2n) is 3.64. The van der Waals surface area contributed by atoms with Crippen LogP contribution in [0.2, 0.25) is 0 Å². The number of aryl methyl sites for hydroxylation is 1. The molecule has 5 heteroatoms. The molecule has 1 N–H and O–H groups in total. The van der Waals surface area contributed by atoms with E-state index in [2.05, 4.69) is 15.6 Å². The molecular formula is C12H16N4O. The van der Waals surface area contributed by atoms with Gasteiger partial charge in [-0.3, -0.25) is 0 Å². The minimum atomic E-state index is 0.747. The van der Waals surface area contributed by atoms with Crippen LogP contribution in [0.5, 0.6) is 5.75 Å². The summed E-state index contributed by atoms with van der Waals surface area (Å²) < 4.78 is 6.93. The number of hydrogen-bond donors (Lipinski definition) is 1. The Bertz CT molecular complexity index is 464. The highest BCUT2D eigenvalue weighted by Crippen LogP contribution is 2.12. The van der Waals surface area contributed by atoms with Gasteiger partial charge in [-0.25, -0.2) is 4.68 Å². The van der Waals surface area contributed by atoms with Gasteiger partial charge in [0.15, 0.2) is 0 Å². The molecule has 0 radical (unpaired) electrons. The van der Waals surface area contributed by atoms with Crippen LogP contribution >= 0.6 is 0 Å². The molecule has 0 saturated carbocycles. The molecule has 0 atom stereocenters. The predicted molar refractivity (Wildman–Crippen MR) is 66.0 cm³/mol. The number of aromatic nitrogens is 3. The summed E-state index contributed by atoms with van der Waals surface area (Å²) in [5, 5.41) is 11.1. The van der Waals surface area contributed by atoms with Crippen molar-refractivity contribution in [1.82, 2.24) is 15.0 Å². The molecule has 0 unspecified atom stereocenters. The van der Waals surface area contributed by atoms with E-state index in [1.807, 2.05) is 35.9 Å². The summed E-state index contributed by atoms with van der Waals surface area (Å²) in [7, 11) is 1.67. The van der Waals surface area contributed by atoms with Crippen LogP contribution in [0, 0.1) is 0 Å². The molecule has 1 aromatic carbocycles. The van der Waals surface area contributed by atoms with Crippen molar-refractivity contribution in [3.63, 3.8) is 0 Å². The number of anilines is 1. The monoisotopic (exact) mass is 232 g/mol. The van der Waals surface area contributed by atoms with Gasteiger partial charge in [-0.05, 0) is 24.6 Å². The van der Waals surface area contributed by atoms with Crippen molar-refractivity contribution in [1.29, 1.82) is 0 Å². The summed E-state index contributed by atoms with van der Waals surface area (Å²) in [5.74, 6) is 1.80. The molecule has 1 heterocycles. The Morgan fingerprint density at radius 1 is 1.29 bits per heavy atom. The van der Waals surface area contributed by atoms with Gasteiger partial charge in [0.05, 0.1) is 13.3 Å². The molecule has 0 aliphatic carbocycles. The Labute approximate surface area is 100 Å². The van der Waals surface area contributed by atoms with Gasteiger partial charge in [-0.2, -0.15) is 0 Å². The van der Waals surface area contributed by atoms with E-state index in [1.54, 1.807) is 13.3 Å². The smallest absolute Gasteiger partial charge is 0.145 e. The quantitative estimate of drug-likeness (QED) is 0.855. The van der Waals surface area contributed by atoms with E-state index < -0.39 is 0 Å². The lowest BCUT2D eigenvalue weighted by Gasteiger charge is -2.07. The molecule has 0 fully saturated rings. The van der Waals surface area contributed by atoms with E-state index in [4.69, 9.17) is 4.74 Å². The number of benzene rings is 1. The maximum atomic E-state index is 5.11. The highest BCUT2D eigenvalue weighted by molar-refractivity contribution is 5.34. The number of hydrogen-bond acceptors (Lipinski definition) is 4. The first-order valence-electron chi connectivity index (χ1n) is 5.58. The van der Waals surface area contributed by atoms with E-state index in [9.17, 15) is 0 Å². The zero-order chi connectivity index (χ0) is 12.1. The summed E-state index contributed by atoms with van der Waals surface area (Å²) in [6, 6.07) is 7.97. The van der Waals surface area contributed by atoms with Crippen LogP contribution in [-0.2, 0) is 13.1 Å². The first-order chi connectivity index (χ1) is 8.33. The molecular weight excluding hydrogens is 216 g/mol. The average Bonchev–Trinajstić information content (AvgIpc) is 2.84. The second-order valence-corrected chi connectivity index (χ2v) is 3.64. The lowest BCUT2D eigenvalue weighted by atomic mass is 10.2. The summed E-state index contributed by atoms with van der Waals surface area (Å²) in [4.78, 5) is 0. The predicted octanol–water partition coefficient (Wildman–Crippen LogP) is 1.92. The third-order valence-corrected chi connectivity index (χ3v) is 2.55. The van der Waals surface area contributed by atoms with Crippen molar-refractivity contribution in [2.45, 2.75) is 20.0 Å². The molecule has 90 valence electrons. The molecule has 0 aliphatic heterocycles. The van der Waals surface area contributed by atoms with Crippen LogP contribution in [0.15, 0.2) is 30.5 Å². The molecule has 17 heavy (non-hydrogen) atoms. The third kappa shape index (κ3) is 2.75. The Balaban J connectivity index is 1.97. The number of rotatable bonds is 5. The maximum Gasteiger partial charge on any atom is 0.145 e. The zero-order valence-corrected chi connectivity index (χ0v) is 10.1. The van der Waals surface area contributed by atoms with Crippen molar-refractivity contribution < 1.29 is 4.74 Å². The topological polar surface area (TPSA) is 52.0 Å². The first-order valence-corrected chi connectivity index (χ1v) is 5.58. The van der Waals surface area contributed by atoms with E-state index in [0.717, 1.165) is 24.7 Å². The van der Waals surface area contributed by atoms with Gasteiger partial charge in [-0.15, -0.1) is 5.10 Å². The van der Waals surface area contributed by atoms with E-state index in [1.165, 1.54) is 5.56 Å². The molecule has 0 spiro atoms. The standard InChI is InChI=1S/C12H16N4O/c1-3-16-12(9-14-15-16)13-8-10-4-6-11(17-2)7-5-10/h4-7,9,13H,3,8H2,1-2H3. The first kappa shape index (κ1) is 11.4. The minimum Gasteiger partial charge on any atom is -0.497 e. The summed E-state index contributed by atoms with van der Waals surface area (Å²) >= 11 is 0. The van der Waals surface area contributed by atoms with Gasteiger partial charge in [-0.1, -0.05) is 17.3 Å². The molecule has 0 aliphatic rings. The Kier molecular flexibility index (Phi) is 3.59. The van der Waals surface area contributed by atoms with Gasteiger partial charge in [0.1, 0.15) is 11.6 Å². The van der Waals surface area contributed by atoms with Gasteiger partial charge in [0, 0.05) is 13.1 Å². The number of methoxy groups -OCH3 is 1. The summed E-state index contributed by atoms with van der Waals surface area (Å²) in [6.07, 6.45) is 1.73. The van der Waals surface area contributed by atoms with Crippen molar-refractivity contribution in [2.24, 2.45) is 0 Å². The number of nitrogens with one attached hydrogen (secondary N) is 1. The Hall–Kier alpha value is -2.04. The molecule has 2 rings (SSSR count). The van der Waals surface area contributed by atoms with Crippen molar-refractivity contribution in [3.05, 3.63) is 36.0 Å². The van der Waals surface area contributed by atoms with Gasteiger partial charge in [0.25, 0.3) is 0 Å². The van der Waals surface area contributed by atoms with Crippen LogP contribution in [-0.4, -0.2) is 22.1 Å². The summed E-state index contributed by atoms with van der Waals surface area (Å²) in [5.41, 5.74) is 1.19. The fourth-order valence-electron chi connectivity index (χ4n) is 1.56. The van der Waals surface area contributed by atoms with Gasteiger partial charge in [0.2, 0.25) is 0 Å². The van der Waals surface area contributed by atoms with Crippen LogP contribution in [0.1, 0.15) is 12.5 Å². The van der Waals surface area contributed by atoms with E-state index >= 15 is 0 Å². The lowest BCUT2D eigenvalue weighted by molar-refractivity contribution is 0.414. The molecule has 1 aromatic heterocycles. The van der Waals surface area contributed by atoms with Crippen molar-refractivity contribution in [3.8, 4) is 5.75 Å². The molecule has 0 bridgehead atoms. The molecule has 2 aromatic rings. The molecule has 0 amide bonds. The number of nitrogens with zero attached hydrogens (tertiary/aromatic N) is 3. The third-order valence-electron chi connectivity index (χ3n) is 2.55. The van der Waals surface area contributed by atoms with Crippen LogP contribution < -0.4 is 10.1 Å². The summed E-state index contributed by atoms with van der Waals surface area (Å²) in [6.45, 7) is 3.59. The van der Waals surface area contributed by atoms with Crippen LogP contribution in [0.3, 0.4) is 0 Å². The fraction of sp³-hybridized carbons (Fsp3) is 0.333. The highest BCUT2D eigenvalue weighted by atomic mass is 16.5. The minimum absolute atomic E-state index is 0.747. The largest absolute Gasteiger partial charge is 0.497 e. The van der Waals surface area contributed by atoms with E-state index in [0.29, 0.717) is 0 Å². The lowest BCUT2D eigenvalue weighted by Crippen LogP contribution is -2.06. The highest BCUT2D eigenvalue weighted by Gasteiger charge is 2.01. The fourth-order valence-corrected chi connectivity index (χ4v) is 1.56. The molecule has 5 nitrogen and oxygen atoms in total. The van der Waals surface area contributed by atoms with Gasteiger partial charge < -0.3 is 10.1 Å². The molecule has 0 saturated heterocycles. The van der Waals surface area contributed by atoms with Crippen LogP contribution in [0.25, 0.3) is 0 Å². The van der Waals surface area contributed by atoms with Crippen molar-refractivity contribution in [2.75, 3.05) is 12.4 Å². The van der Waals surface area contributed by atoms with Gasteiger partial charge >= 0.3 is 0 Å². The normalized spacial score (nSPS) is 10.2. The van der Waals surface area contributed by atoms with Crippen LogP contribution in [0.4, 0.5) is 5.82 Å². The maximum absolute atomic E-state index is 5.11. The Morgan fingerprint density at radius 2 is 2.06 bits per heavy atom. The zero-order valence-electron chi connectivity index (χ0n) is 10.1. The SMILES string of the molecule is CCn1nncc1NCc1ccc(OC)cc1.